The van der Waals surface area contributed by atoms with Crippen LogP contribution in [0.4, 0.5) is 11.5 Å². The fourth-order valence-corrected chi connectivity index (χ4v) is 3.92. The van der Waals surface area contributed by atoms with Crippen molar-refractivity contribution in [3.8, 4) is 17.2 Å². The van der Waals surface area contributed by atoms with Crippen molar-refractivity contribution in [1.29, 1.82) is 0 Å². The molecule has 7 heteroatoms. The third-order valence-electron chi connectivity index (χ3n) is 5.63. The maximum atomic E-state index is 13.2. The monoisotopic (exact) mass is 485 g/mol. The van der Waals surface area contributed by atoms with E-state index in [1.165, 1.54) is 0 Å². The van der Waals surface area contributed by atoms with Crippen LogP contribution >= 0.6 is 0 Å². The molecule has 0 unspecified atom stereocenters. The summed E-state index contributed by atoms with van der Waals surface area (Å²) in [6.45, 7) is 5.50. The van der Waals surface area contributed by atoms with Crippen molar-refractivity contribution in [2.24, 2.45) is 0 Å². The minimum atomic E-state index is -0.151. The summed E-state index contributed by atoms with van der Waals surface area (Å²) in [6, 6.07) is 22.9. The van der Waals surface area contributed by atoms with Gasteiger partial charge in [0.1, 0.15) is 11.6 Å². The van der Waals surface area contributed by atoms with E-state index in [-0.39, 0.29) is 5.91 Å². The Hall–Kier alpha value is -4.26. The van der Waals surface area contributed by atoms with Gasteiger partial charge in [-0.3, -0.25) is 4.79 Å². The van der Waals surface area contributed by atoms with Crippen LogP contribution in [0, 0.1) is 0 Å². The zero-order chi connectivity index (χ0) is 25.3. The van der Waals surface area contributed by atoms with Crippen molar-refractivity contribution >= 4 is 28.3 Å². The van der Waals surface area contributed by atoms with Crippen LogP contribution in [0.1, 0.15) is 29.8 Å². The quantitative estimate of drug-likeness (QED) is 0.281. The first kappa shape index (κ1) is 24.9. The minimum Gasteiger partial charge on any atom is -0.497 e. The van der Waals surface area contributed by atoms with Gasteiger partial charge in [-0.05, 0) is 74.4 Å². The number of benzene rings is 3. The number of nitrogens with one attached hydrogen (secondary N) is 2. The van der Waals surface area contributed by atoms with Gasteiger partial charge >= 0.3 is 0 Å². The summed E-state index contributed by atoms with van der Waals surface area (Å²) in [7, 11) is 1.63. The molecule has 0 fully saturated rings. The Morgan fingerprint density at radius 1 is 0.889 bits per heavy atom. The Morgan fingerprint density at radius 2 is 1.64 bits per heavy atom. The number of pyridine rings is 1. The molecule has 0 saturated carbocycles. The van der Waals surface area contributed by atoms with Crippen LogP contribution in [0.3, 0.4) is 0 Å². The standard InChI is InChI=1S/C29H31N3O4/c1-4-35-26-15-10-20(18-27(26)36-5-2)16-17-30-29(33)24-19-28(32-25-9-7-6-8-23(24)25)31-21-11-13-22(34-3)14-12-21/h6-15,18-19H,4-5,16-17H2,1-3H3,(H,30,33)(H,31,32). The number of para-hydroxylation sites is 1. The van der Waals surface area contributed by atoms with E-state index < -0.39 is 0 Å². The summed E-state index contributed by atoms with van der Waals surface area (Å²) in [5, 5.41) is 7.14. The maximum Gasteiger partial charge on any atom is 0.252 e. The Labute approximate surface area is 211 Å². The van der Waals surface area contributed by atoms with E-state index in [0.717, 1.165) is 39.4 Å². The number of amides is 1. The summed E-state index contributed by atoms with van der Waals surface area (Å²) >= 11 is 0. The number of rotatable bonds is 11. The van der Waals surface area contributed by atoms with Crippen LogP contribution in [0.25, 0.3) is 10.9 Å². The number of carbonyl (C=O) groups excluding carboxylic acids is 1. The molecule has 0 spiro atoms. The molecule has 4 aromatic rings. The largest absolute Gasteiger partial charge is 0.497 e. The van der Waals surface area contributed by atoms with Gasteiger partial charge in [0.2, 0.25) is 0 Å². The molecule has 3 aromatic carbocycles. The number of hydrogen-bond donors (Lipinski definition) is 2. The highest BCUT2D eigenvalue weighted by Crippen LogP contribution is 2.29. The van der Waals surface area contributed by atoms with Crippen molar-refractivity contribution < 1.29 is 19.0 Å². The summed E-state index contributed by atoms with van der Waals surface area (Å²) in [5.74, 6) is 2.66. The molecular weight excluding hydrogens is 454 g/mol. The van der Waals surface area contributed by atoms with Gasteiger partial charge in [0.25, 0.3) is 5.91 Å². The van der Waals surface area contributed by atoms with Crippen molar-refractivity contribution in [2.45, 2.75) is 20.3 Å². The van der Waals surface area contributed by atoms with Crippen LogP contribution in [0.15, 0.2) is 72.8 Å². The predicted molar refractivity (Wildman–Crippen MR) is 143 cm³/mol. The Bertz CT molecular complexity index is 1320. The van der Waals surface area contributed by atoms with E-state index >= 15 is 0 Å². The lowest BCUT2D eigenvalue weighted by Crippen LogP contribution is -2.26. The van der Waals surface area contributed by atoms with Gasteiger partial charge in [-0.2, -0.15) is 0 Å². The van der Waals surface area contributed by atoms with Gasteiger partial charge in [-0.1, -0.05) is 24.3 Å². The predicted octanol–water partition coefficient (Wildman–Crippen LogP) is 5.76. The number of carbonyl (C=O) groups is 1. The zero-order valence-corrected chi connectivity index (χ0v) is 20.8. The molecule has 1 heterocycles. The second kappa shape index (κ2) is 11.9. The fourth-order valence-electron chi connectivity index (χ4n) is 3.92. The van der Waals surface area contributed by atoms with E-state index in [0.29, 0.717) is 37.6 Å². The highest BCUT2D eigenvalue weighted by Gasteiger charge is 2.14. The lowest BCUT2D eigenvalue weighted by molar-refractivity contribution is 0.0955. The van der Waals surface area contributed by atoms with E-state index in [1.54, 1.807) is 13.2 Å². The Kier molecular flexibility index (Phi) is 8.24. The number of ether oxygens (including phenoxy) is 3. The third kappa shape index (κ3) is 6.05. The van der Waals surface area contributed by atoms with Crippen LogP contribution in [-0.2, 0) is 6.42 Å². The third-order valence-corrected chi connectivity index (χ3v) is 5.63. The van der Waals surface area contributed by atoms with Crippen LogP contribution < -0.4 is 24.8 Å². The zero-order valence-electron chi connectivity index (χ0n) is 20.8. The summed E-state index contributed by atoms with van der Waals surface area (Å²) < 4.78 is 16.6. The van der Waals surface area contributed by atoms with E-state index in [4.69, 9.17) is 14.2 Å². The smallest absolute Gasteiger partial charge is 0.252 e. The van der Waals surface area contributed by atoms with Gasteiger partial charge < -0.3 is 24.8 Å². The van der Waals surface area contributed by atoms with Crippen LogP contribution in [0.2, 0.25) is 0 Å². The molecule has 4 rings (SSSR count). The number of aromatic nitrogens is 1. The molecule has 0 bridgehead atoms. The molecule has 7 nitrogen and oxygen atoms in total. The number of methoxy groups -OCH3 is 1. The average molecular weight is 486 g/mol. The number of anilines is 2. The normalized spacial score (nSPS) is 10.6. The minimum absolute atomic E-state index is 0.151. The van der Waals surface area contributed by atoms with E-state index in [9.17, 15) is 4.79 Å². The molecule has 0 atom stereocenters. The van der Waals surface area contributed by atoms with Gasteiger partial charge in [-0.25, -0.2) is 4.98 Å². The van der Waals surface area contributed by atoms with Gasteiger partial charge in [0.05, 0.1) is 31.4 Å². The second-order valence-electron chi connectivity index (χ2n) is 8.08. The summed E-state index contributed by atoms with van der Waals surface area (Å²) in [4.78, 5) is 17.9. The summed E-state index contributed by atoms with van der Waals surface area (Å²) in [5.41, 5.74) is 3.22. The SMILES string of the molecule is CCOc1ccc(CCNC(=O)c2cc(Nc3ccc(OC)cc3)nc3ccccc23)cc1OCC. The molecule has 0 aliphatic heterocycles. The molecule has 186 valence electrons. The van der Waals surface area contributed by atoms with E-state index in [1.807, 2.05) is 80.6 Å². The highest BCUT2D eigenvalue weighted by molar-refractivity contribution is 6.07. The lowest BCUT2D eigenvalue weighted by Gasteiger charge is -2.13. The van der Waals surface area contributed by atoms with Crippen molar-refractivity contribution in [3.05, 3.63) is 83.9 Å². The van der Waals surface area contributed by atoms with Crippen molar-refractivity contribution in [2.75, 3.05) is 32.2 Å². The molecular formula is C29H31N3O4. The first-order chi connectivity index (χ1) is 17.6. The number of fused-ring (bicyclic) bond motifs is 1. The number of nitrogens with zero attached hydrogens (tertiary/aromatic N) is 1. The van der Waals surface area contributed by atoms with Crippen LogP contribution in [-0.4, -0.2) is 37.8 Å². The molecule has 0 saturated heterocycles. The van der Waals surface area contributed by atoms with Gasteiger partial charge in [-0.15, -0.1) is 0 Å². The first-order valence-corrected chi connectivity index (χ1v) is 12.1. The topological polar surface area (TPSA) is 81.7 Å². The molecule has 2 N–H and O–H groups in total. The molecule has 1 aromatic heterocycles. The van der Waals surface area contributed by atoms with Crippen molar-refractivity contribution in [1.82, 2.24) is 10.3 Å². The summed E-state index contributed by atoms with van der Waals surface area (Å²) in [6.07, 6.45) is 0.665. The van der Waals surface area contributed by atoms with Gasteiger partial charge in [0, 0.05) is 17.6 Å². The Balaban J connectivity index is 1.49. The molecule has 0 aliphatic rings. The lowest BCUT2D eigenvalue weighted by atomic mass is 10.1. The molecule has 36 heavy (non-hydrogen) atoms. The highest BCUT2D eigenvalue weighted by atomic mass is 16.5. The fraction of sp³-hybridized carbons (Fsp3) is 0.241. The van der Waals surface area contributed by atoms with Crippen LogP contribution in [0.5, 0.6) is 17.2 Å². The van der Waals surface area contributed by atoms with E-state index in [2.05, 4.69) is 15.6 Å². The molecule has 0 radical (unpaired) electrons. The van der Waals surface area contributed by atoms with Crippen molar-refractivity contribution in [3.63, 3.8) is 0 Å². The number of hydrogen-bond acceptors (Lipinski definition) is 6. The molecule has 1 amide bonds. The average Bonchev–Trinajstić information content (AvgIpc) is 2.90. The first-order valence-electron chi connectivity index (χ1n) is 12.1. The van der Waals surface area contributed by atoms with Gasteiger partial charge in [0.15, 0.2) is 11.5 Å². The molecule has 0 aliphatic carbocycles. The maximum absolute atomic E-state index is 13.2. The second-order valence-corrected chi connectivity index (χ2v) is 8.08. The Morgan fingerprint density at radius 3 is 2.39 bits per heavy atom.